The zero-order chi connectivity index (χ0) is 12.4. The van der Waals surface area contributed by atoms with E-state index in [2.05, 4.69) is 10.6 Å². The maximum Gasteiger partial charge on any atom is 0.271 e. The molecular weight excluding hydrogens is 246 g/mol. The van der Waals surface area contributed by atoms with Gasteiger partial charge < -0.3 is 10.6 Å². The molecule has 0 aliphatic carbocycles. The zero-order valence-corrected chi connectivity index (χ0v) is 9.53. The number of hydrogen-bond donors (Lipinski definition) is 2. The Hall–Kier alpha value is -1.82. The maximum absolute atomic E-state index is 11.0. The molecule has 0 spiro atoms. The Kier molecular flexibility index (Phi) is 3.14. The molecule has 1 atom stereocenters. The third kappa shape index (κ3) is 2.65. The Labute approximate surface area is 102 Å². The quantitative estimate of drug-likeness (QED) is 0.634. The molecule has 7 heteroatoms. The van der Waals surface area contributed by atoms with E-state index in [1.54, 1.807) is 6.07 Å². The second kappa shape index (κ2) is 4.58. The summed E-state index contributed by atoms with van der Waals surface area (Å²) in [6, 6.07) is 4.18. The molecule has 0 bridgehead atoms. The molecule has 2 rings (SSSR count). The predicted molar refractivity (Wildman–Crippen MR) is 63.1 cm³/mol. The molecule has 1 saturated heterocycles. The fourth-order valence-corrected chi connectivity index (χ4v) is 1.89. The molecule has 1 heterocycles. The molecule has 1 amide bonds. The lowest BCUT2D eigenvalue weighted by Crippen LogP contribution is -2.22. The summed E-state index contributed by atoms with van der Waals surface area (Å²) in [5.74, 6) is -0.0134. The van der Waals surface area contributed by atoms with Crippen LogP contribution in [0, 0.1) is 10.1 Å². The van der Waals surface area contributed by atoms with Crippen molar-refractivity contribution in [1.82, 2.24) is 5.32 Å². The van der Waals surface area contributed by atoms with Crippen molar-refractivity contribution in [2.45, 2.75) is 12.5 Å². The van der Waals surface area contributed by atoms with Crippen molar-refractivity contribution < 1.29 is 9.72 Å². The number of rotatable bonds is 3. The third-order valence-corrected chi connectivity index (χ3v) is 2.81. The van der Waals surface area contributed by atoms with Gasteiger partial charge in [0.2, 0.25) is 5.91 Å². The highest BCUT2D eigenvalue weighted by atomic mass is 35.5. The summed E-state index contributed by atoms with van der Waals surface area (Å²) in [7, 11) is 0. The van der Waals surface area contributed by atoms with E-state index >= 15 is 0 Å². The standard InChI is InChI=1S/C10H10ClN3O3/c11-8-4-7(14(16)17)1-2-9(8)13-6-3-10(15)12-5-6/h1-2,4,6,13H,3,5H2,(H,12,15). The summed E-state index contributed by atoms with van der Waals surface area (Å²) in [6.45, 7) is 0.534. The van der Waals surface area contributed by atoms with Crippen LogP contribution in [0.2, 0.25) is 5.02 Å². The Morgan fingerprint density at radius 2 is 2.29 bits per heavy atom. The van der Waals surface area contributed by atoms with Crippen LogP contribution in [0.3, 0.4) is 0 Å². The van der Waals surface area contributed by atoms with Crippen molar-refractivity contribution in [3.05, 3.63) is 33.3 Å². The average molecular weight is 256 g/mol. The van der Waals surface area contributed by atoms with E-state index in [1.165, 1.54) is 12.1 Å². The smallest absolute Gasteiger partial charge is 0.271 e. The Balaban J connectivity index is 2.11. The van der Waals surface area contributed by atoms with Gasteiger partial charge in [-0.1, -0.05) is 11.6 Å². The van der Waals surface area contributed by atoms with Gasteiger partial charge in [0.1, 0.15) is 0 Å². The van der Waals surface area contributed by atoms with Crippen molar-refractivity contribution >= 4 is 28.9 Å². The number of nitrogens with one attached hydrogen (secondary N) is 2. The highest BCUT2D eigenvalue weighted by Gasteiger charge is 2.22. The molecule has 1 aliphatic rings. The predicted octanol–water partition coefficient (Wildman–Crippen LogP) is 1.55. The van der Waals surface area contributed by atoms with E-state index in [0.717, 1.165) is 0 Å². The van der Waals surface area contributed by atoms with Crippen LogP contribution in [0.4, 0.5) is 11.4 Å². The van der Waals surface area contributed by atoms with Gasteiger partial charge in [0.05, 0.1) is 21.7 Å². The lowest BCUT2D eigenvalue weighted by molar-refractivity contribution is -0.384. The first kappa shape index (κ1) is 11.7. The molecule has 1 unspecified atom stereocenters. The molecule has 2 N–H and O–H groups in total. The van der Waals surface area contributed by atoms with Crippen LogP contribution in [-0.4, -0.2) is 23.4 Å². The number of hydrogen-bond acceptors (Lipinski definition) is 4. The van der Waals surface area contributed by atoms with Gasteiger partial charge in [0.15, 0.2) is 0 Å². The van der Waals surface area contributed by atoms with Crippen LogP contribution >= 0.6 is 11.6 Å². The van der Waals surface area contributed by atoms with Gasteiger partial charge in [-0.15, -0.1) is 0 Å². The number of non-ortho nitro benzene ring substituents is 1. The summed E-state index contributed by atoms with van der Waals surface area (Å²) in [6.07, 6.45) is 0.382. The van der Waals surface area contributed by atoms with Gasteiger partial charge in [-0.25, -0.2) is 0 Å². The van der Waals surface area contributed by atoms with Crippen molar-refractivity contribution in [1.29, 1.82) is 0 Å². The lowest BCUT2D eigenvalue weighted by Gasteiger charge is -2.12. The van der Waals surface area contributed by atoms with E-state index in [-0.39, 0.29) is 22.7 Å². The van der Waals surface area contributed by atoms with Crippen molar-refractivity contribution in [2.75, 3.05) is 11.9 Å². The minimum atomic E-state index is -0.504. The van der Waals surface area contributed by atoms with Gasteiger partial charge in [0, 0.05) is 25.1 Å². The van der Waals surface area contributed by atoms with Gasteiger partial charge in [-0.05, 0) is 6.07 Å². The number of nitro groups is 1. The summed E-state index contributed by atoms with van der Waals surface area (Å²) in [4.78, 5) is 21.0. The topological polar surface area (TPSA) is 84.3 Å². The molecule has 0 saturated carbocycles. The third-order valence-electron chi connectivity index (χ3n) is 2.50. The molecule has 1 fully saturated rings. The van der Waals surface area contributed by atoms with E-state index in [0.29, 0.717) is 18.7 Å². The van der Waals surface area contributed by atoms with Crippen LogP contribution in [-0.2, 0) is 4.79 Å². The van der Waals surface area contributed by atoms with Gasteiger partial charge >= 0.3 is 0 Å². The number of carbonyl (C=O) groups is 1. The lowest BCUT2D eigenvalue weighted by atomic mass is 10.2. The van der Waals surface area contributed by atoms with Gasteiger partial charge in [-0.2, -0.15) is 0 Å². The summed E-state index contributed by atoms with van der Waals surface area (Å²) in [5, 5.41) is 16.6. The largest absolute Gasteiger partial charge is 0.379 e. The van der Waals surface area contributed by atoms with E-state index in [1.807, 2.05) is 0 Å². The number of halogens is 1. The number of carbonyl (C=O) groups excluding carboxylic acids is 1. The van der Waals surface area contributed by atoms with E-state index in [9.17, 15) is 14.9 Å². The average Bonchev–Trinajstić information content (AvgIpc) is 2.67. The molecule has 17 heavy (non-hydrogen) atoms. The highest BCUT2D eigenvalue weighted by Crippen LogP contribution is 2.27. The molecule has 1 aromatic rings. The second-order valence-electron chi connectivity index (χ2n) is 3.77. The molecule has 90 valence electrons. The van der Waals surface area contributed by atoms with Crippen LogP contribution < -0.4 is 10.6 Å². The molecule has 6 nitrogen and oxygen atoms in total. The van der Waals surface area contributed by atoms with Crippen LogP contribution in [0.15, 0.2) is 18.2 Å². The first-order valence-corrected chi connectivity index (χ1v) is 5.41. The van der Waals surface area contributed by atoms with Crippen molar-refractivity contribution in [3.63, 3.8) is 0 Å². The highest BCUT2D eigenvalue weighted by molar-refractivity contribution is 6.33. The Morgan fingerprint density at radius 1 is 1.53 bits per heavy atom. The van der Waals surface area contributed by atoms with Crippen LogP contribution in [0.1, 0.15) is 6.42 Å². The Morgan fingerprint density at radius 3 is 2.82 bits per heavy atom. The van der Waals surface area contributed by atoms with Gasteiger partial charge in [0.25, 0.3) is 5.69 Å². The van der Waals surface area contributed by atoms with E-state index in [4.69, 9.17) is 11.6 Å². The Bertz CT molecular complexity index is 478. The molecule has 0 radical (unpaired) electrons. The number of anilines is 1. The van der Waals surface area contributed by atoms with E-state index < -0.39 is 4.92 Å². The second-order valence-corrected chi connectivity index (χ2v) is 4.18. The molecular formula is C10H10ClN3O3. The normalized spacial score (nSPS) is 18.9. The number of nitro benzene ring substituents is 1. The first-order valence-electron chi connectivity index (χ1n) is 5.03. The minimum Gasteiger partial charge on any atom is -0.379 e. The van der Waals surface area contributed by atoms with Gasteiger partial charge in [-0.3, -0.25) is 14.9 Å². The molecule has 1 aliphatic heterocycles. The fraction of sp³-hybridized carbons (Fsp3) is 0.300. The minimum absolute atomic E-state index is 0.0134. The number of nitrogens with zero attached hydrogens (tertiary/aromatic N) is 1. The SMILES string of the molecule is O=C1CC(Nc2ccc([N+](=O)[O-])cc2Cl)CN1. The molecule has 0 aromatic heterocycles. The van der Waals surface area contributed by atoms with Crippen molar-refractivity contribution in [3.8, 4) is 0 Å². The number of benzene rings is 1. The van der Waals surface area contributed by atoms with Crippen LogP contribution in [0.5, 0.6) is 0 Å². The number of amides is 1. The zero-order valence-electron chi connectivity index (χ0n) is 8.77. The summed E-state index contributed by atoms with van der Waals surface area (Å²) < 4.78 is 0. The van der Waals surface area contributed by atoms with Crippen molar-refractivity contribution in [2.24, 2.45) is 0 Å². The van der Waals surface area contributed by atoms with Crippen LogP contribution in [0.25, 0.3) is 0 Å². The first-order chi connectivity index (χ1) is 8.06. The fourth-order valence-electron chi connectivity index (χ4n) is 1.66. The summed E-state index contributed by atoms with van der Waals surface area (Å²) >= 11 is 5.92. The summed E-state index contributed by atoms with van der Waals surface area (Å²) in [5.41, 5.74) is 0.542. The monoisotopic (exact) mass is 255 g/mol. The molecule has 1 aromatic carbocycles. The maximum atomic E-state index is 11.0.